The van der Waals surface area contributed by atoms with Gasteiger partial charge < -0.3 is 4.57 Å². The number of halogens is 3. The van der Waals surface area contributed by atoms with Gasteiger partial charge in [0.2, 0.25) is 0 Å². The highest BCUT2D eigenvalue weighted by Crippen LogP contribution is 2.28. The van der Waals surface area contributed by atoms with E-state index in [0.717, 1.165) is 33.8 Å². The summed E-state index contributed by atoms with van der Waals surface area (Å²) in [5.74, 6) is -1.49. The molecule has 0 atom stereocenters. The van der Waals surface area contributed by atoms with Crippen molar-refractivity contribution in [3.8, 4) is 6.07 Å². The van der Waals surface area contributed by atoms with E-state index in [0.29, 0.717) is 16.6 Å². The number of hydrazone groups is 1. The summed E-state index contributed by atoms with van der Waals surface area (Å²) in [5.41, 5.74) is 5.93. The highest BCUT2D eigenvalue weighted by atomic mass is 35.5. The van der Waals surface area contributed by atoms with Crippen LogP contribution in [0.5, 0.6) is 0 Å². The number of nitriles is 1. The van der Waals surface area contributed by atoms with Gasteiger partial charge >= 0.3 is 0 Å². The van der Waals surface area contributed by atoms with E-state index in [2.05, 4.69) is 15.1 Å². The van der Waals surface area contributed by atoms with Gasteiger partial charge in [0.15, 0.2) is 0 Å². The Morgan fingerprint density at radius 3 is 2.70 bits per heavy atom. The van der Waals surface area contributed by atoms with Crippen LogP contribution in [-0.4, -0.2) is 16.7 Å². The molecule has 8 heteroatoms. The molecule has 0 fully saturated rings. The third-order valence-electron chi connectivity index (χ3n) is 5.33. The Morgan fingerprint density at radius 1 is 1.18 bits per heavy atom. The first kappa shape index (κ1) is 22.5. The van der Waals surface area contributed by atoms with Gasteiger partial charge in [-0.25, -0.2) is 9.82 Å². The molecule has 4 aromatic rings. The van der Waals surface area contributed by atoms with E-state index in [1.165, 1.54) is 18.3 Å². The minimum Gasteiger partial charge on any atom is -0.340 e. The van der Waals surface area contributed by atoms with Gasteiger partial charge in [0.25, 0.3) is 5.91 Å². The quantitative estimate of drug-likeness (QED) is 0.279. The summed E-state index contributed by atoms with van der Waals surface area (Å²) in [6.07, 6.45) is 1.54. The Balaban J connectivity index is 1.63. The predicted molar refractivity (Wildman–Crippen MR) is 128 cm³/mol. The largest absolute Gasteiger partial charge is 0.340 e. The summed E-state index contributed by atoms with van der Waals surface area (Å²) in [4.78, 5) is 12.3. The standard InChI is InChI=1S/C25H17Cl2FN4O/c1-15-21(13-30-31-25(33)20-9-6-16(12-29)10-23(20)28)19-4-2-3-5-24(19)32(15)14-17-7-8-18(26)11-22(17)27/h2-11,13H,14H2,1H3,(H,31,33)/b30-13-. The maximum Gasteiger partial charge on any atom is 0.274 e. The molecule has 0 bridgehead atoms. The molecule has 3 aromatic carbocycles. The molecule has 164 valence electrons. The molecule has 0 saturated carbocycles. The molecule has 1 heterocycles. The molecule has 1 aromatic heterocycles. The number of nitrogens with zero attached hydrogens (tertiary/aromatic N) is 3. The van der Waals surface area contributed by atoms with Gasteiger partial charge in [-0.05, 0) is 48.9 Å². The number of hydrogen-bond donors (Lipinski definition) is 1. The van der Waals surface area contributed by atoms with Crippen LogP contribution in [-0.2, 0) is 6.54 Å². The number of amides is 1. The lowest BCUT2D eigenvalue weighted by molar-refractivity contribution is 0.0951. The van der Waals surface area contributed by atoms with Crippen molar-refractivity contribution in [2.24, 2.45) is 5.10 Å². The number of aromatic nitrogens is 1. The topological polar surface area (TPSA) is 70.2 Å². The Labute approximate surface area is 199 Å². The van der Waals surface area contributed by atoms with Crippen LogP contribution < -0.4 is 5.43 Å². The SMILES string of the molecule is Cc1c(/C=N\NC(=O)c2ccc(C#N)cc2F)c2ccccc2n1Cc1ccc(Cl)cc1Cl. The number of nitrogens with one attached hydrogen (secondary N) is 1. The van der Waals surface area contributed by atoms with Crippen LogP contribution >= 0.6 is 23.2 Å². The molecule has 0 aliphatic carbocycles. The molecule has 0 radical (unpaired) electrons. The number of para-hydroxylation sites is 1. The lowest BCUT2D eigenvalue weighted by atomic mass is 10.1. The molecule has 1 N–H and O–H groups in total. The van der Waals surface area contributed by atoms with Crippen LogP contribution in [0.25, 0.3) is 10.9 Å². The molecule has 0 saturated heterocycles. The first-order valence-corrected chi connectivity index (χ1v) is 10.7. The van der Waals surface area contributed by atoms with E-state index >= 15 is 0 Å². The fourth-order valence-electron chi connectivity index (χ4n) is 3.63. The summed E-state index contributed by atoms with van der Waals surface area (Å²) >= 11 is 12.4. The van der Waals surface area contributed by atoms with E-state index in [4.69, 9.17) is 28.5 Å². The molecule has 0 aliphatic heterocycles. The Kier molecular flexibility index (Phi) is 6.45. The monoisotopic (exact) mass is 478 g/mol. The Morgan fingerprint density at radius 2 is 1.97 bits per heavy atom. The molecular weight excluding hydrogens is 462 g/mol. The van der Waals surface area contributed by atoms with E-state index < -0.39 is 11.7 Å². The van der Waals surface area contributed by atoms with Gasteiger partial charge in [0.1, 0.15) is 5.82 Å². The van der Waals surface area contributed by atoms with Crippen LogP contribution in [0, 0.1) is 24.1 Å². The molecular formula is C25H17Cl2FN4O. The van der Waals surface area contributed by atoms with Gasteiger partial charge in [-0.1, -0.05) is 47.5 Å². The average molecular weight is 479 g/mol. The Bertz CT molecular complexity index is 1450. The van der Waals surface area contributed by atoms with Gasteiger partial charge in [0.05, 0.1) is 23.4 Å². The predicted octanol–water partition coefficient (Wildman–Crippen LogP) is 6.08. The summed E-state index contributed by atoms with van der Waals surface area (Å²) in [6.45, 7) is 2.48. The first-order chi connectivity index (χ1) is 15.9. The fraction of sp³-hybridized carbons (Fsp3) is 0.0800. The number of rotatable bonds is 5. The molecule has 1 amide bonds. The summed E-state index contributed by atoms with van der Waals surface area (Å²) in [7, 11) is 0. The fourth-order valence-corrected chi connectivity index (χ4v) is 4.10. The van der Waals surface area contributed by atoms with Crippen molar-refractivity contribution in [3.63, 3.8) is 0 Å². The third-order valence-corrected chi connectivity index (χ3v) is 5.91. The van der Waals surface area contributed by atoms with Crippen LogP contribution in [0.4, 0.5) is 4.39 Å². The zero-order chi connectivity index (χ0) is 23.5. The molecule has 0 aliphatic rings. The summed E-state index contributed by atoms with van der Waals surface area (Å²) < 4.78 is 16.2. The van der Waals surface area contributed by atoms with Crippen molar-refractivity contribution in [1.29, 1.82) is 5.26 Å². The van der Waals surface area contributed by atoms with Crippen molar-refractivity contribution >= 4 is 46.2 Å². The highest BCUT2D eigenvalue weighted by Gasteiger charge is 2.15. The second-order valence-electron chi connectivity index (χ2n) is 7.34. The molecule has 0 unspecified atom stereocenters. The molecule has 33 heavy (non-hydrogen) atoms. The normalized spacial score (nSPS) is 11.1. The van der Waals surface area contributed by atoms with Crippen molar-refractivity contribution in [2.45, 2.75) is 13.5 Å². The zero-order valence-electron chi connectivity index (χ0n) is 17.4. The molecule has 5 nitrogen and oxygen atoms in total. The number of benzene rings is 3. The van der Waals surface area contributed by atoms with Crippen molar-refractivity contribution in [3.05, 3.63) is 104 Å². The summed E-state index contributed by atoms with van der Waals surface area (Å²) in [5, 5.41) is 15.0. The minimum atomic E-state index is -0.783. The van der Waals surface area contributed by atoms with E-state index in [1.54, 1.807) is 12.1 Å². The van der Waals surface area contributed by atoms with Gasteiger partial charge in [-0.15, -0.1) is 0 Å². The average Bonchev–Trinajstić information content (AvgIpc) is 3.06. The Hall–Kier alpha value is -3.66. The minimum absolute atomic E-state index is 0.136. The third kappa shape index (κ3) is 4.61. The van der Waals surface area contributed by atoms with Crippen LogP contribution in [0.2, 0.25) is 10.0 Å². The second kappa shape index (κ2) is 9.45. The van der Waals surface area contributed by atoms with Crippen molar-refractivity contribution in [2.75, 3.05) is 0 Å². The van der Waals surface area contributed by atoms with Crippen molar-refractivity contribution < 1.29 is 9.18 Å². The van der Waals surface area contributed by atoms with E-state index in [1.807, 2.05) is 43.3 Å². The lowest BCUT2D eigenvalue weighted by Gasteiger charge is -2.10. The number of carbonyl (C=O) groups is 1. The van der Waals surface area contributed by atoms with Crippen LogP contribution in [0.3, 0.4) is 0 Å². The number of hydrogen-bond acceptors (Lipinski definition) is 3. The van der Waals surface area contributed by atoms with Gasteiger partial charge in [-0.3, -0.25) is 4.79 Å². The van der Waals surface area contributed by atoms with Crippen molar-refractivity contribution in [1.82, 2.24) is 9.99 Å². The first-order valence-electron chi connectivity index (χ1n) is 9.94. The zero-order valence-corrected chi connectivity index (χ0v) is 19.0. The van der Waals surface area contributed by atoms with Gasteiger partial charge in [-0.2, -0.15) is 10.4 Å². The molecule has 4 rings (SSSR count). The van der Waals surface area contributed by atoms with Crippen LogP contribution in [0.1, 0.15) is 32.7 Å². The highest BCUT2D eigenvalue weighted by molar-refractivity contribution is 6.35. The molecule has 0 spiro atoms. The number of fused-ring (bicyclic) bond motifs is 1. The number of carbonyl (C=O) groups excluding carboxylic acids is 1. The van der Waals surface area contributed by atoms with E-state index in [9.17, 15) is 9.18 Å². The van der Waals surface area contributed by atoms with E-state index in [-0.39, 0.29) is 11.1 Å². The second-order valence-corrected chi connectivity index (χ2v) is 8.19. The maximum atomic E-state index is 14.1. The summed E-state index contributed by atoms with van der Waals surface area (Å²) in [6, 6.07) is 18.7. The smallest absolute Gasteiger partial charge is 0.274 e. The maximum absolute atomic E-state index is 14.1. The van der Waals surface area contributed by atoms with Gasteiger partial charge in [0, 0.05) is 38.8 Å². The lowest BCUT2D eigenvalue weighted by Crippen LogP contribution is -2.19. The van der Waals surface area contributed by atoms with Crippen LogP contribution in [0.15, 0.2) is 65.8 Å².